The second kappa shape index (κ2) is 3.97. The molecule has 2 nitrogen and oxygen atoms in total. The first-order chi connectivity index (χ1) is 6.90. The third-order valence-corrected chi connectivity index (χ3v) is 2.42. The minimum Gasteiger partial charge on any atom is -0.381 e. The van der Waals surface area contributed by atoms with Crippen LogP contribution in [0.25, 0.3) is 0 Å². The zero-order valence-corrected chi connectivity index (χ0v) is 7.90. The molecule has 0 atom stereocenters. The van der Waals surface area contributed by atoms with E-state index in [0.29, 0.717) is 6.04 Å². The van der Waals surface area contributed by atoms with Crippen LogP contribution in [0.2, 0.25) is 0 Å². The number of benzene rings is 1. The molecule has 70 valence electrons. The van der Waals surface area contributed by atoms with Crippen LogP contribution in [0.3, 0.4) is 0 Å². The molecule has 1 aliphatic carbocycles. The molecule has 1 aromatic carbocycles. The lowest BCUT2D eigenvalue weighted by atomic mass is 10.1. The Balaban J connectivity index is 2.12. The molecule has 0 aliphatic heterocycles. The Hall–Kier alpha value is -1.75. The van der Waals surface area contributed by atoms with E-state index < -0.39 is 0 Å². The van der Waals surface area contributed by atoms with Crippen molar-refractivity contribution >= 4 is 5.69 Å². The number of nitriles is 1. The summed E-state index contributed by atoms with van der Waals surface area (Å²) in [6.07, 6.45) is 6.46. The van der Waals surface area contributed by atoms with Crippen molar-refractivity contribution in [2.75, 3.05) is 5.32 Å². The van der Waals surface area contributed by atoms with Gasteiger partial charge in [0.2, 0.25) is 0 Å². The van der Waals surface area contributed by atoms with Crippen molar-refractivity contribution < 1.29 is 0 Å². The van der Waals surface area contributed by atoms with Crippen LogP contribution in [0, 0.1) is 11.3 Å². The normalized spacial score (nSPS) is 15.4. The van der Waals surface area contributed by atoms with Gasteiger partial charge in [0, 0.05) is 6.04 Å². The summed E-state index contributed by atoms with van der Waals surface area (Å²) >= 11 is 0. The van der Waals surface area contributed by atoms with Crippen molar-refractivity contribution in [3.8, 4) is 6.07 Å². The molecule has 2 heteroatoms. The van der Waals surface area contributed by atoms with Crippen LogP contribution >= 0.6 is 0 Å². The monoisotopic (exact) mass is 184 g/mol. The zero-order valence-electron chi connectivity index (χ0n) is 7.90. The van der Waals surface area contributed by atoms with Crippen LogP contribution in [-0.2, 0) is 0 Å². The fourth-order valence-corrected chi connectivity index (χ4v) is 1.66. The van der Waals surface area contributed by atoms with Crippen molar-refractivity contribution in [1.82, 2.24) is 0 Å². The van der Waals surface area contributed by atoms with Crippen molar-refractivity contribution in [3.05, 3.63) is 42.0 Å². The predicted molar refractivity (Wildman–Crippen MR) is 56.9 cm³/mol. The summed E-state index contributed by atoms with van der Waals surface area (Å²) in [4.78, 5) is 0. The fraction of sp³-hybridized carbons (Fsp3) is 0.250. The summed E-state index contributed by atoms with van der Waals surface area (Å²) < 4.78 is 0. The van der Waals surface area contributed by atoms with E-state index >= 15 is 0 Å². The van der Waals surface area contributed by atoms with E-state index in [1.807, 2.05) is 24.3 Å². The maximum atomic E-state index is 8.89. The Morgan fingerprint density at radius 2 is 1.93 bits per heavy atom. The van der Waals surface area contributed by atoms with Crippen LogP contribution in [0.5, 0.6) is 0 Å². The molecule has 0 saturated heterocycles. The van der Waals surface area contributed by atoms with Crippen molar-refractivity contribution in [3.63, 3.8) is 0 Å². The highest BCUT2D eigenvalue weighted by atomic mass is 14.9. The molecular formula is C12H12N2. The summed E-state index contributed by atoms with van der Waals surface area (Å²) in [5.74, 6) is 0. The molecule has 0 unspecified atom stereocenters. The first-order valence-electron chi connectivity index (χ1n) is 4.81. The van der Waals surface area contributed by atoms with Gasteiger partial charge in [-0.15, -0.1) is 0 Å². The zero-order chi connectivity index (χ0) is 9.80. The number of nitrogens with one attached hydrogen (secondary N) is 1. The maximum Gasteiger partial charge on any atom is 0.101 e. The molecule has 0 amide bonds. The third-order valence-electron chi connectivity index (χ3n) is 2.42. The van der Waals surface area contributed by atoms with Gasteiger partial charge >= 0.3 is 0 Å². The SMILES string of the molecule is N#Cc1ccccc1NC1CC=CC1. The second-order valence-electron chi connectivity index (χ2n) is 3.44. The van der Waals surface area contributed by atoms with Gasteiger partial charge in [-0.1, -0.05) is 24.3 Å². The number of hydrogen-bond donors (Lipinski definition) is 1. The van der Waals surface area contributed by atoms with Gasteiger partial charge in [0.05, 0.1) is 11.3 Å². The highest BCUT2D eigenvalue weighted by molar-refractivity contribution is 5.57. The lowest BCUT2D eigenvalue weighted by Crippen LogP contribution is -2.15. The van der Waals surface area contributed by atoms with Crippen molar-refractivity contribution in [2.45, 2.75) is 18.9 Å². The molecule has 0 spiro atoms. The van der Waals surface area contributed by atoms with Crippen LogP contribution in [0.15, 0.2) is 36.4 Å². The number of para-hydroxylation sites is 1. The summed E-state index contributed by atoms with van der Waals surface area (Å²) in [6, 6.07) is 10.3. The first kappa shape index (κ1) is 8.83. The Morgan fingerprint density at radius 3 is 2.64 bits per heavy atom. The van der Waals surface area contributed by atoms with E-state index in [9.17, 15) is 0 Å². The number of rotatable bonds is 2. The van der Waals surface area contributed by atoms with E-state index in [-0.39, 0.29) is 0 Å². The molecule has 1 N–H and O–H groups in total. The lowest BCUT2D eigenvalue weighted by molar-refractivity contribution is 0.786. The Bertz CT molecular complexity index is 380. The highest BCUT2D eigenvalue weighted by Gasteiger charge is 2.10. The van der Waals surface area contributed by atoms with E-state index in [1.54, 1.807) is 0 Å². The molecule has 0 aromatic heterocycles. The molecule has 0 radical (unpaired) electrons. The average Bonchev–Trinajstić information content (AvgIpc) is 2.71. The minimum atomic E-state index is 0.462. The fourth-order valence-electron chi connectivity index (χ4n) is 1.66. The van der Waals surface area contributed by atoms with Gasteiger partial charge in [-0.05, 0) is 25.0 Å². The van der Waals surface area contributed by atoms with E-state index in [1.165, 1.54) is 0 Å². The lowest BCUT2D eigenvalue weighted by Gasteiger charge is -2.14. The molecule has 0 bridgehead atoms. The van der Waals surface area contributed by atoms with Gasteiger partial charge in [0.1, 0.15) is 6.07 Å². The van der Waals surface area contributed by atoms with E-state index in [4.69, 9.17) is 5.26 Å². The van der Waals surface area contributed by atoms with Gasteiger partial charge in [-0.25, -0.2) is 0 Å². The summed E-state index contributed by atoms with van der Waals surface area (Å²) in [5, 5.41) is 12.3. The molecular weight excluding hydrogens is 172 g/mol. The largest absolute Gasteiger partial charge is 0.381 e. The number of nitrogens with zero attached hydrogens (tertiary/aromatic N) is 1. The topological polar surface area (TPSA) is 35.8 Å². The molecule has 0 saturated carbocycles. The maximum absolute atomic E-state index is 8.89. The number of hydrogen-bond acceptors (Lipinski definition) is 2. The van der Waals surface area contributed by atoms with Crippen LogP contribution in [0.4, 0.5) is 5.69 Å². The highest BCUT2D eigenvalue weighted by Crippen LogP contribution is 2.19. The summed E-state index contributed by atoms with van der Waals surface area (Å²) in [6.45, 7) is 0. The Morgan fingerprint density at radius 1 is 1.21 bits per heavy atom. The quantitative estimate of drug-likeness (QED) is 0.717. The summed E-state index contributed by atoms with van der Waals surface area (Å²) in [7, 11) is 0. The standard InChI is InChI=1S/C12H12N2/c13-9-10-5-1-4-8-12(10)14-11-6-2-3-7-11/h1-5,8,11,14H,6-7H2. The van der Waals surface area contributed by atoms with Crippen LogP contribution < -0.4 is 5.32 Å². The molecule has 2 rings (SSSR count). The van der Waals surface area contributed by atoms with E-state index in [0.717, 1.165) is 24.1 Å². The first-order valence-corrected chi connectivity index (χ1v) is 4.81. The Kier molecular flexibility index (Phi) is 2.51. The van der Waals surface area contributed by atoms with Gasteiger partial charge in [0.15, 0.2) is 0 Å². The minimum absolute atomic E-state index is 0.462. The van der Waals surface area contributed by atoms with Gasteiger partial charge in [-0.3, -0.25) is 0 Å². The van der Waals surface area contributed by atoms with Gasteiger partial charge < -0.3 is 5.32 Å². The van der Waals surface area contributed by atoms with Crippen molar-refractivity contribution in [2.24, 2.45) is 0 Å². The molecule has 0 fully saturated rings. The molecule has 14 heavy (non-hydrogen) atoms. The van der Waals surface area contributed by atoms with Crippen LogP contribution in [-0.4, -0.2) is 6.04 Å². The van der Waals surface area contributed by atoms with E-state index in [2.05, 4.69) is 23.5 Å². The van der Waals surface area contributed by atoms with Crippen LogP contribution in [0.1, 0.15) is 18.4 Å². The van der Waals surface area contributed by atoms with Crippen molar-refractivity contribution in [1.29, 1.82) is 5.26 Å². The van der Waals surface area contributed by atoms with Gasteiger partial charge in [0.25, 0.3) is 0 Å². The predicted octanol–water partition coefficient (Wildman–Crippen LogP) is 2.69. The molecule has 1 aromatic rings. The number of anilines is 1. The molecule has 1 aliphatic rings. The summed E-state index contributed by atoms with van der Waals surface area (Å²) in [5.41, 5.74) is 1.67. The van der Waals surface area contributed by atoms with Gasteiger partial charge in [-0.2, -0.15) is 5.26 Å². The third kappa shape index (κ3) is 1.77. The smallest absolute Gasteiger partial charge is 0.101 e. The molecule has 0 heterocycles. The Labute approximate surface area is 83.9 Å². The average molecular weight is 184 g/mol. The second-order valence-corrected chi connectivity index (χ2v) is 3.44.